The fourth-order valence-corrected chi connectivity index (χ4v) is 3.74. The summed E-state index contributed by atoms with van der Waals surface area (Å²) in [5.74, 6) is 0.664. The molecule has 1 heterocycles. The molecule has 0 spiro atoms. The van der Waals surface area contributed by atoms with Crippen LogP contribution in [0, 0.1) is 5.92 Å². The first-order valence-corrected chi connectivity index (χ1v) is 10.4. The third-order valence-electron chi connectivity index (χ3n) is 4.28. The van der Waals surface area contributed by atoms with Crippen molar-refractivity contribution in [1.82, 2.24) is 15.5 Å². The first-order valence-electron chi connectivity index (χ1n) is 9.60. The fraction of sp³-hybridized carbons (Fsp3) is 0.273. The molecule has 0 saturated heterocycles. The average Bonchev–Trinajstić information content (AvgIpc) is 3.20. The Bertz CT molecular complexity index is 1020. The molecule has 0 unspecified atom stereocenters. The van der Waals surface area contributed by atoms with Crippen molar-refractivity contribution in [3.8, 4) is 5.75 Å². The number of hydrogen-bond donors (Lipinski definition) is 2. The predicted molar refractivity (Wildman–Crippen MR) is 117 cm³/mol. The highest BCUT2D eigenvalue weighted by Crippen LogP contribution is 2.18. The van der Waals surface area contributed by atoms with Crippen LogP contribution in [0.2, 0.25) is 0 Å². The molecule has 2 N–H and O–H groups in total. The molecule has 0 aliphatic carbocycles. The van der Waals surface area contributed by atoms with Crippen LogP contribution in [0.15, 0.2) is 48.5 Å². The van der Waals surface area contributed by atoms with Gasteiger partial charge in [-0.3, -0.25) is 9.59 Å². The van der Waals surface area contributed by atoms with E-state index in [0.717, 1.165) is 22.7 Å². The van der Waals surface area contributed by atoms with E-state index in [1.54, 1.807) is 31.4 Å². The van der Waals surface area contributed by atoms with Crippen LogP contribution >= 0.6 is 11.3 Å². The first-order chi connectivity index (χ1) is 14.5. The molecule has 3 aromatic rings. The maximum absolute atomic E-state index is 12.4. The Labute approximate surface area is 179 Å². The number of methoxy groups -OCH3 is 1. The molecule has 30 heavy (non-hydrogen) atoms. The van der Waals surface area contributed by atoms with Gasteiger partial charge in [-0.25, -0.2) is 0 Å². The minimum Gasteiger partial charge on any atom is -0.496 e. The molecule has 7 nitrogen and oxygen atoms in total. The van der Waals surface area contributed by atoms with Gasteiger partial charge >= 0.3 is 0 Å². The molecule has 2 aromatic carbocycles. The van der Waals surface area contributed by atoms with Gasteiger partial charge in [-0.2, -0.15) is 0 Å². The zero-order chi connectivity index (χ0) is 21.5. The molecule has 1 aromatic heterocycles. The van der Waals surface area contributed by atoms with Gasteiger partial charge in [-0.1, -0.05) is 43.4 Å². The number of carbonyl (C=O) groups is 2. The maximum atomic E-state index is 12.4. The van der Waals surface area contributed by atoms with Crippen molar-refractivity contribution in [3.05, 3.63) is 69.7 Å². The summed E-state index contributed by atoms with van der Waals surface area (Å²) in [4.78, 5) is 24.8. The zero-order valence-electron chi connectivity index (χ0n) is 17.1. The van der Waals surface area contributed by atoms with Crippen LogP contribution in [0.3, 0.4) is 0 Å². The van der Waals surface area contributed by atoms with E-state index in [-0.39, 0.29) is 11.8 Å². The lowest BCUT2D eigenvalue weighted by atomic mass is 10.1. The van der Waals surface area contributed by atoms with E-state index in [9.17, 15) is 9.59 Å². The number of ether oxygens (including phenoxy) is 1. The van der Waals surface area contributed by atoms with E-state index < -0.39 is 0 Å². The van der Waals surface area contributed by atoms with Crippen LogP contribution in [0.4, 0.5) is 5.69 Å². The van der Waals surface area contributed by atoms with E-state index in [1.807, 2.05) is 24.3 Å². The van der Waals surface area contributed by atoms with Crippen molar-refractivity contribution in [3.63, 3.8) is 0 Å². The molecule has 0 bridgehead atoms. The lowest BCUT2D eigenvalue weighted by Gasteiger charge is -2.10. The SMILES string of the molecule is COc1ccccc1CNC(=O)c1ccc(NC(=O)c2nnc(CC(C)C)s2)cc1. The lowest BCUT2D eigenvalue weighted by molar-refractivity contribution is 0.0950. The smallest absolute Gasteiger partial charge is 0.286 e. The summed E-state index contributed by atoms with van der Waals surface area (Å²) < 4.78 is 5.29. The van der Waals surface area contributed by atoms with Gasteiger partial charge in [-0.05, 0) is 36.2 Å². The number of aromatic nitrogens is 2. The van der Waals surface area contributed by atoms with Crippen LogP contribution in [0.1, 0.15) is 44.6 Å². The van der Waals surface area contributed by atoms with Gasteiger partial charge < -0.3 is 15.4 Å². The van der Waals surface area contributed by atoms with Gasteiger partial charge in [0.15, 0.2) is 0 Å². The van der Waals surface area contributed by atoms with Crippen LogP contribution < -0.4 is 15.4 Å². The summed E-state index contributed by atoms with van der Waals surface area (Å²) in [7, 11) is 1.60. The van der Waals surface area contributed by atoms with E-state index in [4.69, 9.17) is 4.74 Å². The van der Waals surface area contributed by atoms with Gasteiger partial charge in [0, 0.05) is 29.8 Å². The van der Waals surface area contributed by atoms with Gasteiger partial charge in [0.25, 0.3) is 11.8 Å². The lowest BCUT2D eigenvalue weighted by Crippen LogP contribution is -2.23. The Kier molecular flexibility index (Phi) is 7.13. The van der Waals surface area contributed by atoms with Gasteiger partial charge in [0.2, 0.25) is 5.01 Å². The highest BCUT2D eigenvalue weighted by Gasteiger charge is 2.14. The minimum atomic E-state index is -0.309. The fourth-order valence-electron chi connectivity index (χ4n) is 2.79. The second-order valence-corrected chi connectivity index (χ2v) is 8.19. The van der Waals surface area contributed by atoms with E-state index >= 15 is 0 Å². The Morgan fingerprint density at radius 1 is 1.03 bits per heavy atom. The highest BCUT2D eigenvalue weighted by molar-refractivity contribution is 7.13. The van der Waals surface area contributed by atoms with Crippen molar-refractivity contribution in [2.24, 2.45) is 5.92 Å². The molecule has 0 atom stereocenters. The van der Waals surface area contributed by atoms with Crippen LogP contribution in [0.25, 0.3) is 0 Å². The Morgan fingerprint density at radius 2 is 1.77 bits per heavy atom. The van der Waals surface area contributed by atoms with Crippen molar-refractivity contribution >= 4 is 28.8 Å². The molecule has 0 fully saturated rings. The topological polar surface area (TPSA) is 93.2 Å². The summed E-state index contributed by atoms with van der Waals surface area (Å²) in [6.45, 7) is 4.54. The number of amides is 2. The molecule has 0 aliphatic rings. The molecule has 2 amide bonds. The molecular weight excluding hydrogens is 400 g/mol. The molecular formula is C22H24N4O3S. The third-order valence-corrected chi connectivity index (χ3v) is 5.23. The normalized spacial score (nSPS) is 10.7. The molecule has 0 radical (unpaired) electrons. The number of nitrogens with one attached hydrogen (secondary N) is 2. The van der Waals surface area contributed by atoms with Gasteiger partial charge in [0.05, 0.1) is 7.11 Å². The second kappa shape index (κ2) is 9.98. The van der Waals surface area contributed by atoms with Crippen molar-refractivity contribution in [2.75, 3.05) is 12.4 Å². The third kappa shape index (κ3) is 5.64. The average molecular weight is 425 g/mol. The Balaban J connectivity index is 1.57. The highest BCUT2D eigenvalue weighted by atomic mass is 32.1. The molecule has 8 heteroatoms. The standard InChI is InChI=1S/C22H24N4O3S/c1-14(2)12-19-25-26-22(30-19)21(28)24-17-10-8-15(9-11-17)20(27)23-13-16-6-4-5-7-18(16)29-3/h4-11,14H,12-13H2,1-3H3,(H,23,27)(H,24,28). The summed E-state index contributed by atoms with van der Waals surface area (Å²) in [5.41, 5.74) is 1.98. The van der Waals surface area contributed by atoms with Crippen LogP contribution in [-0.2, 0) is 13.0 Å². The summed E-state index contributed by atoms with van der Waals surface area (Å²) in [6.07, 6.45) is 0.795. The van der Waals surface area contributed by atoms with Gasteiger partial charge in [-0.15, -0.1) is 10.2 Å². The summed E-state index contributed by atoms with van der Waals surface area (Å²) >= 11 is 1.30. The molecule has 3 rings (SSSR count). The predicted octanol–water partition coefficient (Wildman–Crippen LogP) is 3.93. The van der Waals surface area contributed by atoms with Crippen molar-refractivity contribution in [1.29, 1.82) is 0 Å². The van der Waals surface area contributed by atoms with Crippen LogP contribution in [0.5, 0.6) is 5.75 Å². The number of anilines is 1. The largest absolute Gasteiger partial charge is 0.496 e. The van der Waals surface area contributed by atoms with Gasteiger partial charge in [0.1, 0.15) is 10.8 Å². The molecule has 0 aliphatic heterocycles. The number of benzene rings is 2. The quantitative estimate of drug-likeness (QED) is 0.572. The number of nitrogens with zero attached hydrogens (tertiary/aromatic N) is 2. The number of hydrogen-bond acceptors (Lipinski definition) is 6. The zero-order valence-corrected chi connectivity index (χ0v) is 18.0. The van der Waals surface area contributed by atoms with E-state index in [1.165, 1.54) is 11.3 Å². The number of rotatable bonds is 8. The summed E-state index contributed by atoms with van der Waals surface area (Å²) in [6, 6.07) is 14.2. The second-order valence-electron chi connectivity index (χ2n) is 7.12. The summed E-state index contributed by atoms with van der Waals surface area (Å²) in [5, 5.41) is 14.8. The Morgan fingerprint density at radius 3 is 2.47 bits per heavy atom. The van der Waals surface area contributed by atoms with Crippen LogP contribution in [-0.4, -0.2) is 29.1 Å². The van der Waals surface area contributed by atoms with E-state index in [0.29, 0.717) is 28.7 Å². The molecule has 0 saturated carbocycles. The number of carbonyl (C=O) groups excluding carboxylic acids is 2. The van der Waals surface area contributed by atoms with E-state index in [2.05, 4.69) is 34.7 Å². The molecule has 156 valence electrons. The first kappa shape index (κ1) is 21.4. The van der Waals surface area contributed by atoms with Crippen molar-refractivity contribution < 1.29 is 14.3 Å². The maximum Gasteiger partial charge on any atom is 0.286 e. The number of para-hydroxylation sites is 1. The monoisotopic (exact) mass is 424 g/mol. The Hall–Kier alpha value is -3.26. The van der Waals surface area contributed by atoms with Crippen molar-refractivity contribution in [2.45, 2.75) is 26.8 Å². The minimum absolute atomic E-state index is 0.207.